The summed E-state index contributed by atoms with van der Waals surface area (Å²) in [5.41, 5.74) is 4.40. The van der Waals surface area contributed by atoms with Crippen molar-refractivity contribution in [3.63, 3.8) is 0 Å². The monoisotopic (exact) mass is 404 g/mol. The van der Waals surface area contributed by atoms with Crippen molar-refractivity contribution >= 4 is 22.6 Å². The Hall–Kier alpha value is -2.78. The molecule has 1 heterocycles. The molecule has 0 fully saturated rings. The zero-order valence-corrected chi connectivity index (χ0v) is 17.8. The highest BCUT2D eigenvalue weighted by molar-refractivity contribution is 6.33. The molecule has 0 aliphatic carbocycles. The van der Waals surface area contributed by atoms with E-state index in [0.29, 0.717) is 18.2 Å². The highest BCUT2D eigenvalue weighted by Gasteiger charge is 2.15. The molecule has 148 valence electrons. The number of rotatable bonds is 5. The maximum atomic E-state index is 6.46. The Morgan fingerprint density at radius 3 is 2.31 bits per heavy atom. The van der Waals surface area contributed by atoms with Crippen LogP contribution in [0.2, 0.25) is 5.02 Å². The van der Waals surface area contributed by atoms with Crippen LogP contribution in [0.3, 0.4) is 0 Å². The number of hydrogen-bond acceptors (Lipinski definition) is 2. The Kier molecular flexibility index (Phi) is 5.33. The van der Waals surface area contributed by atoms with E-state index < -0.39 is 0 Å². The maximum Gasteiger partial charge on any atom is 0.142 e. The van der Waals surface area contributed by atoms with Crippen molar-refractivity contribution in [1.82, 2.24) is 9.55 Å². The highest BCUT2D eigenvalue weighted by Crippen LogP contribution is 2.30. The number of benzene rings is 3. The van der Waals surface area contributed by atoms with Gasteiger partial charge in [0.25, 0.3) is 0 Å². The summed E-state index contributed by atoms with van der Waals surface area (Å²) in [6, 6.07) is 24.3. The molecule has 4 aromatic rings. The summed E-state index contributed by atoms with van der Waals surface area (Å²) in [5, 5.41) is 0.697. The number of nitrogens with zero attached hydrogens (tertiary/aromatic N) is 2. The largest absolute Gasteiger partial charge is 0.492 e. The van der Waals surface area contributed by atoms with Crippen LogP contribution in [0.1, 0.15) is 26.3 Å². The summed E-state index contributed by atoms with van der Waals surface area (Å²) in [6.45, 7) is 7.87. The van der Waals surface area contributed by atoms with E-state index in [9.17, 15) is 0 Å². The van der Waals surface area contributed by atoms with Gasteiger partial charge < -0.3 is 9.30 Å². The third-order valence-electron chi connectivity index (χ3n) is 5.07. The van der Waals surface area contributed by atoms with Crippen LogP contribution in [0, 0.1) is 0 Å². The molecule has 0 saturated carbocycles. The summed E-state index contributed by atoms with van der Waals surface area (Å²) in [5.74, 6) is 1.74. The SMILES string of the molecule is CC(C)(C)c1ccc(OCCn2c(-c3ccccc3Cl)nc3ccccc32)cc1. The molecule has 0 bridgehead atoms. The molecule has 3 nitrogen and oxygen atoms in total. The van der Waals surface area contributed by atoms with Crippen molar-refractivity contribution in [3.8, 4) is 17.1 Å². The lowest BCUT2D eigenvalue weighted by atomic mass is 9.87. The lowest BCUT2D eigenvalue weighted by molar-refractivity contribution is 0.300. The average Bonchev–Trinajstić information content (AvgIpc) is 3.07. The number of ether oxygens (including phenoxy) is 1. The van der Waals surface area contributed by atoms with E-state index in [1.807, 2.05) is 54.6 Å². The van der Waals surface area contributed by atoms with Crippen LogP contribution in [-0.4, -0.2) is 16.2 Å². The molecule has 29 heavy (non-hydrogen) atoms. The maximum absolute atomic E-state index is 6.46. The highest BCUT2D eigenvalue weighted by atomic mass is 35.5. The number of halogens is 1. The lowest BCUT2D eigenvalue weighted by Crippen LogP contribution is -2.11. The fourth-order valence-electron chi connectivity index (χ4n) is 3.46. The zero-order chi connectivity index (χ0) is 20.4. The number of fused-ring (bicyclic) bond motifs is 1. The molecule has 0 saturated heterocycles. The zero-order valence-electron chi connectivity index (χ0n) is 17.0. The molecule has 4 rings (SSSR count). The van der Waals surface area contributed by atoms with Gasteiger partial charge in [0.1, 0.15) is 18.2 Å². The van der Waals surface area contributed by atoms with Crippen molar-refractivity contribution in [2.75, 3.05) is 6.61 Å². The van der Waals surface area contributed by atoms with Gasteiger partial charge in [0.15, 0.2) is 0 Å². The first-order valence-corrected chi connectivity index (χ1v) is 10.2. The Balaban J connectivity index is 1.58. The molecule has 0 N–H and O–H groups in total. The van der Waals surface area contributed by atoms with Crippen molar-refractivity contribution < 1.29 is 4.74 Å². The summed E-state index contributed by atoms with van der Waals surface area (Å²) in [4.78, 5) is 4.83. The number of aromatic nitrogens is 2. The molecule has 1 aromatic heterocycles. The summed E-state index contributed by atoms with van der Waals surface area (Å²) >= 11 is 6.46. The summed E-state index contributed by atoms with van der Waals surface area (Å²) < 4.78 is 8.22. The first-order valence-electron chi connectivity index (χ1n) is 9.87. The van der Waals surface area contributed by atoms with Crippen molar-refractivity contribution in [3.05, 3.63) is 83.4 Å². The van der Waals surface area contributed by atoms with Crippen molar-refractivity contribution in [2.24, 2.45) is 0 Å². The quantitative estimate of drug-likeness (QED) is 0.368. The minimum atomic E-state index is 0.137. The van der Waals surface area contributed by atoms with Gasteiger partial charge in [-0.3, -0.25) is 0 Å². The van der Waals surface area contributed by atoms with Gasteiger partial charge in [-0.2, -0.15) is 0 Å². The minimum absolute atomic E-state index is 0.137. The van der Waals surface area contributed by atoms with Crippen LogP contribution in [0.25, 0.3) is 22.4 Å². The molecule has 0 amide bonds. The van der Waals surface area contributed by atoms with Crippen LogP contribution in [0.4, 0.5) is 0 Å². The molecule has 0 radical (unpaired) electrons. The van der Waals surface area contributed by atoms with E-state index in [4.69, 9.17) is 21.3 Å². The Morgan fingerprint density at radius 2 is 1.59 bits per heavy atom. The Bertz CT molecular complexity index is 1120. The summed E-state index contributed by atoms with van der Waals surface area (Å²) in [6.07, 6.45) is 0. The van der Waals surface area contributed by atoms with E-state index in [1.165, 1.54) is 5.56 Å². The van der Waals surface area contributed by atoms with Gasteiger partial charge in [-0.1, -0.05) is 68.8 Å². The van der Waals surface area contributed by atoms with Crippen LogP contribution < -0.4 is 4.74 Å². The second-order valence-corrected chi connectivity index (χ2v) is 8.59. The number of para-hydroxylation sites is 2. The van der Waals surface area contributed by atoms with Gasteiger partial charge in [-0.15, -0.1) is 0 Å². The van der Waals surface area contributed by atoms with E-state index in [1.54, 1.807) is 0 Å². The van der Waals surface area contributed by atoms with Gasteiger partial charge in [-0.05, 0) is 47.4 Å². The number of hydrogen-bond donors (Lipinski definition) is 0. The van der Waals surface area contributed by atoms with Gasteiger partial charge in [0.2, 0.25) is 0 Å². The van der Waals surface area contributed by atoms with Gasteiger partial charge in [0, 0.05) is 5.56 Å². The molecule has 0 spiro atoms. The van der Waals surface area contributed by atoms with Crippen LogP contribution in [0.15, 0.2) is 72.8 Å². The standard InChI is InChI=1S/C25H25ClN2O/c1-25(2,3)18-12-14-19(15-13-18)29-17-16-28-23-11-7-6-10-22(23)27-24(28)20-8-4-5-9-21(20)26/h4-15H,16-17H2,1-3H3. The average molecular weight is 405 g/mol. The van der Waals surface area contributed by atoms with E-state index in [0.717, 1.165) is 28.2 Å². The first kappa shape index (κ1) is 19.5. The third kappa shape index (κ3) is 4.15. The number of imidazole rings is 1. The molecular formula is C25H25ClN2O. The molecule has 0 aliphatic heterocycles. The van der Waals surface area contributed by atoms with Crippen LogP contribution >= 0.6 is 11.6 Å². The van der Waals surface area contributed by atoms with Crippen molar-refractivity contribution in [2.45, 2.75) is 32.7 Å². The minimum Gasteiger partial charge on any atom is -0.492 e. The second kappa shape index (κ2) is 7.92. The van der Waals surface area contributed by atoms with Crippen LogP contribution in [-0.2, 0) is 12.0 Å². The Labute approximate surface area is 176 Å². The predicted molar refractivity (Wildman–Crippen MR) is 121 cm³/mol. The van der Waals surface area contributed by atoms with E-state index >= 15 is 0 Å². The predicted octanol–water partition coefficient (Wildman–Crippen LogP) is 6.73. The lowest BCUT2D eigenvalue weighted by Gasteiger charge is -2.19. The van der Waals surface area contributed by atoms with Gasteiger partial charge in [-0.25, -0.2) is 4.98 Å². The molecule has 0 atom stereocenters. The molecular weight excluding hydrogens is 380 g/mol. The first-order chi connectivity index (χ1) is 13.9. The molecule has 3 aromatic carbocycles. The molecule has 0 aliphatic rings. The fraction of sp³-hybridized carbons (Fsp3) is 0.240. The fourth-order valence-corrected chi connectivity index (χ4v) is 3.68. The molecule has 4 heteroatoms. The third-order valence-corrected chi connectivity index (χ3v) is 5.40. The van der Waals surface area contributed by atoms with Gasteiger partial charge in [0.05, 0.1) is 22.6 Å². The normalized spacial score (nSPS) is 11.7. The topological polar surface area (TPSA) is 27.1 Å². The summed E-state index contributed by atoms with van der Waals surface area (Å²) in [7, 11) is 0. The molecule has 0 unspecified atom stereocenters. The smallest absolute Gasteiger partial charge is 0.142 e. The van der Waals surface area contributed by atoms with Crippen LogP contribution in [0.5, 0.6) is 5.75 Å². The van der Waals surface area contributed by atoms with Gasteiger partial charge >= 0.3 is 0 Å². The van der Waals surface area contributed by atoms with E-state index in [2.05, 4.69) is 43.5 Å². The van der Waals surface area contributed by atoms with Crippen molar-refractivity contribution in [1.29, 1.82) is 0 Å². The Morgan fingerprint density at radius 1 is 0.897 bits per heavy atom. The van der Waals surface area contributed by atoms with E-state index in [-0.39, 0.29) is 5.41 Å². The second-order valence-electron chi connectivity index (χ2n) is 8.18.